The Balaban J connectivity index is 1.92. The Morgan fingerprint density at radius 2 is 1.75 bits per heavy atom. The first-order valence-corrected chi connectivity index (χ1v) is 7.67. The number of aromatic nitrogens is 1. The number of carboxylic acids is 1. The second-order valence-electron chi connectivity index (χ2n) is 4.98. The molecule has 0 fully saturated rings. The van der Waals surface area contributed by atoms with Crippen molar-refractivity contribution in [1.82, 2.24) is 4.98 Å². The zero-order valence-electron chi connectivity index (χ0n) is 12.0. The van der Waals surface area contributed by atoms with Crippen molar-refractivity contribution in [3.8, 4) is 21.8 Å². The molecular formula is C17H9F3NO2S-. The van der Waals surface area contributed by atoms with E-state index in [1.54, 1.807) is 23.6 Å². The zero-order valence-corrected chi connectivity index (χ0v) is 12.8. The van der Waals surface area contributed by atoms with E-state index < -0.39 is 17.7 Å². The number of carboxylic acid groups (broad SMARTS) is 1. The molecule has 3 aromatic rings. The Bertz CT molecular complexity index is 885. The Morgan fingerprint density at radius 1 is 1.04 bits per heavy atom. The van der Waals surface area contributed by atoms with Gasteiger partial charge in [-0.1, -0.05) is 36.4 Å². The van der Waals surface area contributed by atoms with Crippen LogP contribution < -0.4 is 5.11 Å². The van der Waals surface area contributed by atoms with Crippen LogP contribution in [0.25, 0.3) is 21.8 Å². The van der Waals surface area contributed by atoms with Gasteiger partial charge >= 0.3 is 6.18 Å². The maximum atomic E-state index is 12.8. The third-order valence-electron chi connectivity index (χ3n) is 3.36. The van der Waals surface area contributed by atoms with Gasteiger partial charge in [-0.3, -0.25) is 0 Å². The smallest absolute Gasteiger partial charge is 0.416 e. The predicted molar refractivity (Wildman–Crippen MR) is 82.3 cm³/mol. The highest BCUT2D eigenvalue weighted by molar-refractivity contribution is 7.13. The summed E-state index contributed by atoms with van der Waals surface area (Å²) in [6.07, 6.45) is -4.41. The second-order valence-corrected chi connectivity index (χ2v) is 5.84. The maximum absolute atomic E-state index is 12.8. The van der Waals surface area contributed by atoms with Gasteiger partial charge in [-0.05, 0) is 17.7 Å². The molecule has 3 nitrogen and oxygen atoms in total. The first-order valence-electron chi connectivity index (χ1n) is 6.79. The molecule has 1 aromatic heterocycles. The van der Waals surface area contributed by atoms with Crippen molar-refractivity contribution in [3.63, 3.8) is 0 Å². The van der Waals surface area contributed by atoms with E-state index in [-0.39, 0.29) is 5.56 Å². The monoisotopic (exact) mass is 348 g/mol. The number of benzene rings is 2. The van der Waals surface area contributed by atoms with Gasteiger partial charge in [-0.15, -0.1) is 11.3 Å². The number of alkyl halides is 3. The van der Waals surface area contributed by atoms with Gasteiger partial charge in [-0.25, -0.2) is 4.98 Å². The lowest BCUT2D eigenvalue weighted by atomic mass is 10.1. The average molecular weight is 348 g/mol. The SMILES string of the molecule is O=C([O-])c1ccc(-c2nc(-c3cccc(C(F)(F)F)c3)cs2)cc1. The summed E-state index contributed by atoms with van der Waals surface area (Å²) in [7, 11) is 0. The summed E-state index contributed by atoms with van der Waals surface area (Å²) in [4.78, 5) is 15.1. The van der Waals surface area contributed by atoms with Gasteiger partial charge in [0, 0.05) is 16.5 Å². The molecule has 0 amide bonds. The molecule has 0 spiro atoms. The Kier molecular flexibility index (Phi) is 4.11. The van der Waals surface area contributed by atoms with Gasteiger partial charge in [0.2, 0.25) is 0 Å². The zero-order chi connectivity index (χ0) is 17.3. The predicted octanol–water partition coefficient (Wildman–Crippen LogP) is 3.86. The Morgan fingerprint density at radius 3 is 2.38 bits per heavy atom. The van der Waals surface area contributed by atoms with E-state index in [0.29, 0.717) is 21.8 Å². The molecule has 24 heavy (non-hydrogen) atoms. The van der Waals surface area contributed by atoms with E-state index in [2.05, 4.69) is 4.98 Å². The minimum atomic E-state index is -4.41. The molecule has 0 radical (unpaired) electrons. The summed E-state index contributed by atoms with van der Waals surface area (Å²) in [6, 6.07) is 10.9. The molecule has 0 saturated heterocycles. The molecular weight excluding hydrogens is 339 g/mol. The van der Waals surface area contributed by atoms with Crippen molar-refractivity contribution in [2.24, 2.45) is 0 Å². The van der Waals surface area contributed by atoms with Crippen molar-refractivity contribution >= 4 is 17.3 Å². The minimum Gasteiger partial charge on any atom is -0.545 e. The lowest BCUT2D eigenvalue weighted by Gasteiger charge is -2.07. The number of aromatic carboxylic acids is 1. The van der Waals surface area contributed by atoms with Crippen LogP contribution in [0.4, 0.5) is 13.2 Å². The topological polar surface area (TPSA) is 53.0 Å². The highest BCUT2D eigenvalue weighted by Gasteiger charge is 2.30. The van der Waals surface area contributed by atoms with Crippen LogP contribution in [0.15, 0.2) is 53.9 Å². The number of carbonyl (C=O) groups excluding carboxylic acids is 1. The van der Waals surface area contributed by atoms with Gasteiger partial charge < -0.3 is 9.90 Å². The molecule has 0 unspecified atom stereocenters. The fourth-order valence-electron chi connectivity index (χ4n) is 2.14. The van der Waals surface area contributed by atoms with Gasteiger partial charge in [0.25, 0.3) is 0 Å². The molecule has 0 N–H and O–H groups in total. The van der Waals surface area contributed by atoms with Crippen molar-refractivity contribution < 1.29 is 23.1 Å². The summed E-state index contributed by atoms with van der Waals surface area (Å²) in [5.74, 6) is -1.27. The molecule has 0 atom stereocenters. The molecule has 3 rings (SSSR count). The standard InChI is InChI=1S/C17H10F3NO2S/c18-17(19,20)13-3-1-2-12(8-13)14-9-24-15(21-14)10-4-6-11(7-5-10)16(22)23/h1-9H,(H,22,23)/p-1. The summed E-state index contributed by atoms with van der Waals surface area (Å²) in [5.41, 5.74) is 0.813. The molecule has 0 aliphatic carbocycles. The molecule has 0 saturated carbocycles. The largest absolute Gasteiger partial charge is 0.545 e. The van der Waals surface area contributed by atoms with Crippen molar-refractivity contribution in [2.75, 3.05) is 0 Å². The summed E-state index contributed by atoms with van der Waals surface area (Å²) in [5, 5.41) is 13.0. The number of carbonyl (C=O) groups is 1. The van der Waals surface area contributed by atoms with Crippen LogP contribution in [0.2, 0.25) is 0 Å². The van der Waals surface area contributed by atoms with E-state index in [1.807, 2.05) is 0 Å². The van der Waals surface area contributed by atoms with Crippen molar-refractivity contribution in [3.05, 3.63) is 65.0 Å². The average Bonchev–Trinajstić information content (AvgIpc) is 3.04. The maximum Gasteiger partial charge on any atom is 0.416 e. The Labute approximate surface area is 139 Å². The van der Waals surface area contributed by atoms with E-state index in [1.165, 1.54) is 29.5 Å². The number of hydrogen-bond acceptors (Lipinski definition) is 4. The second kappa shape index (κ2) is 6.09. The summed E-state index contributed by atoms with van der Waals surface area (Å²) < 4.78 is 38.4. The first kappa shape index (κ1) is 16.2. The van der Waals surface area contributed by atoms with Gasteiger partial charge in [0.15, 0.2) is 0 Å². The molecule has 7 heteroatoms. The fraction of sp³-hybridized carbons (Fsp3) is 0.0588. The normalized spacial score (nSPS) is 11.5. The number of hydrogen-bond donors (Lipinski definition) is 0. The number of rotatable bonds is 3. The van der Waals surface area contributed by atoms with E-state index in [4.69, 9.17) is 0 Å². The lowest BCUT2D eigenvalue weighted by Crippen LogP contribution is -2.21. The third-order valence-corrected chi connectivity index (χ3v) is 4.25. The van der Waals surface area contributed by atoms with Crippen LogP contribution in [0.5, 0.6) is 0 Å². The highest BCUT2D eigenvalue weighted by atomic mass is 32.1. The minimum absolute atomic E-state index is 0.0495. The van der Waals surface area contributed by atoms with Gasteiger partial charge in [0.05, 0.1) is 17.2 Å². The number of nitrogens with zero attached hydrogens (tertiary/aromatic N) is 1. The fourth-order valence-corrected chi connectivity index (χ4v) is 2.98. The van der Waals surface area contributed by atoms with Crippen molar-refractivity contribution in [1.29, 1.82) is 0 Å². The van der Waals surface area contributed by atoms with E-state index in [0.717, 1.165) is 12.1 Å². The number of thiazole rings is 1. The quantitative estimate of drug-likeness (QED) is 0.722. The molecule has 0 bridgehead atoms. The molecule has 2 aromatic carbocycles. The van der Waals surface area contributed by atoms with Gasteiger partial charge in [-0.2, -0.15) is 13.2 Å². The molecule has 122 valence electrons. The van der Waals surface area contributed by atoms with Crippen LogP contribution in [0, 0.1) is 0 Å². The van der Waals surface area contributed by atoms with Gasteiger partial charge in [0.1, 0.15) is 5.01 Å². The number of halogens is 3. The molecule has 1 heterocycles. The summed E-state index contributed by atoms with van der Waals surface area (Å²) in [6.45, 7) is 0. The summed E-state index contributed by atoms with van der Waals surface area (Å²) >= 11 is 1.27. The van der Waals surface area contributed by atoms with Crippen LogP contribution in [-0.2, 0) is 6.18 Å². The molecule has 0 aliphatic heterocycles. The lowest BCUT2D eigenvalue weighted by molar-refractivity contribution is -0.255. The van der Waals surface area contributed by atoms with Crippen LogP contribution in [-0.4, -0.2) is 11.0 Å². The van der Waals surface area contributed by atoms with E-state index >= 15 is 0 Å². The highest BCUT2D eigenvalue weighted by Crippen LogP contribution is 2.34. The van der Waals surface area contributed by atoms with Crippen LogP contribution >= 0.6 is 11.3 Å². The third kappa shape index (κ3) is 3.30. The first-order chi connectivity index (χ1) is 11.3. The van der Waals surface area contributed by atoms with Crippen LogP contribution in [0.1, 0.15) is 15.9 Å². The van der Waals surface area contributed by atoms with Crippen LogP contribution in [0.3, 0.4) is 0 Å². The van der Waals surface area contributed by atoms with Crippen molar-refractivity contribution in [2.45, 2.75) is 6.18 Å². The Hall–Kier alpha value is -2.67. The molecule has 0 aliphatic rings. The van der Waals surface area contributed by atoms with E-state index in [9.17, 15) is 23.1 Å².